The Morgan fingerprint density at radius 2 is 2.04 bits per heavy atom. The smallest absolute Gasteiger partial charge is 0.319 e. The average Bonchev–Trinajstić information content (AvgIpc) is 2.62. The van der Waals surface area contributed by atoms with E-state index in [0.717, 1.165) is 16.8 Å². The molecule has 1 aliphatic heterocycles. The number of fused-ring (bicyclic) bond motifs is 1. The molecule has 0 aromatic heterocycles. The number of hydrogen-bond acceptors (Lipinski definition) is 3. The normalized spacial score (nSPS) is 14.0. The molecule has 2 aromatic rings. The summed E-state index contributed by atoms with van der Waals surface area (Å²) < 4.78 is 18.3. The van der Waals surface area contributed by atoms with Crippen LogP contribution in [0.1, 0.15) is 30.5 Å². The van der Waals surface area contributed by atoms with Crippen LogP contribution in [0.2, 0.25) is 0 Å². The van der Waals surface area contributed by atoms with E-state index in [0.29, 0.717) is 18.5 Å². The van der Waals surface area contributed by atoms with Crippen LogP contribution in [-0.2, 0) is 11.2 Å². The van der Waals surface area contributed by atoms with Crippen molar-refractivity contribution in [3.63, 3.8) is 0 Å². The van der Waals surface area contributed by atoms with Gasteiger partial charge < -0.3 is 20.7 Å². The van der Waals surface area contributed by atoms with Crippen molar-refractivity contribution >= 4 is 23.3 Å². The van der Waals surface area contributed by atoms with Crippen LogP contribution in [0, 0.1) is 5.82 Å². The second-order valence-corrected chi connectivity index (χ2v) is 6.13. The van der Waals surface area contributed by atoms with E-state index in [-0.39, 0.29) is 17.7 Å². The van der Waals surface area contributed by atoms with Gasteiger partial charge in [-0.25, -0.2) is 9.18 Å². The Morgan fingerprint density at radius 3 is 2.81 bits per heavy atom. The van der Waals surface area contributed by atoms with Gasteiger partial charge in [-0.1, -0.05) is 12.1 Å². The molecule has 1 atom stereocenters. The van der Waals surface area contributed by atoms with Gasteiger partial charge in [0.05, 0.1) is 18.8 Å². The first kappa shape index (κ1) is 17.7. The molecule has 3 amide bonds. The topological polar surface area (TPSA) is 79.5 Å². The first-order valence-electron chi connectivity index (χ1n) is 8.30. The first-order chi connectivity index (χ1) is 12.5. The molecule has 0 aliphatic carbocycles. The van der Waals surface area contributed by atoms with Crippen LogP contribution in [0.15, 0.2) is 36.4 Å². The third-order valence-corrected chi connectivity index (χ3v) is 4.28. The Hall–Kier alpha value is -3.09. The molecular weight excluding hydrogens is 337 g/mol. The van der Waals surface area contributed by atoms with Crippen molar-refractivity contribution in [1.82, 2.24) is 5.32 Å². The number of carbonyl (C=O) groups is 2. The molecule has 0 radical (unpaired) electrons. The van der Waals surface area contributed by atoms with E-state index in [1.165, 1.54) is 25.3 Å². The summed E-state index contributed by atoms with van der Waals surface area (Å²) in [5, 5.41) is 8.33. The van der Waals surface area contributed by atoms with Gasteiger partial charge in [-0.3, -0.25) is 4.79 Å². The summed E-state index contributed by atoms with van der Waals surface area (Å²) in [5.41, 5.74) is 3.18. The summed E-state index contributed by atoms with van der Waals surface area (Å²) in [4.78, 5) is 23.7. The minimum atomic E-state index is -0.442. The van der Waals surface area contributed by atoms with E-state index in [1.54, 1.807) is 0 Å². The lowest BCUT2D eigenvalue weighted by molar-refractivity contribution is -0.116. The van der Waals surface area contributed by atoms with Gasteiger partial charge in [0.2, 0.25) is 5.91 Å². The van der Waals surface area contributed by atoms with Crippen LogP contribution in [0.5, 0.6) is 5.75 Å². The molecule has 1 unspecified atom stereocenters. The highest BCUT2D eigenvalue weighted by atomic mass is 19.1. The van der Waals surface area contributed by atoms with Gasteiger partial charge in [-0.05, 0) is 42.7 Å². The Labute approximate surface area is 150 Å². The Bertz CT molecular complexity index is 854. The molecule has 0 bridgehead atoms. The van der Waals surface area contributed by atoms with Gasteiger partial charge in [0.1, 0.15) is 11.6 Å². The predicted octanol–water partition coefficient (Wildman–Crippen LogP) is 3.60. The molecule has 0 fully saturated rings. The monoisotopic (exact) mass is 357 g/mol. The molecule has 6 nitrogen and oxygen atoms in total. The SMILES string of the molecule is COc1cc(F)ccc1NC(=O)NC(C)c1ccc2c(c1)CCC(=O)N2. The number of benzene rings is 2. The lowest BCUT2D eigenvalue weighted by Crippen LogP contribution is -2.31. The standard InChI is InChI=1S/C19H20FN3O3/c1-11(12-3-6-15-13(9-12)4-8-18(24)22-15)21-19(25)23-16-7-5-14(20)10-17(16)26-2/h3,5-7,9-11H,4,8H2,1-2H3,(H,22,24)(H2,21,23,25). The number of rotatable bonds is 4. The Kier molecular flexibility index (Phi) is 5.06. The maximum absolute atomic E-state index is 13.2. The number of methoxy groups -OCH3 is 1. The lowest BCUT2D eigenvalue weighted by Gasteiger charge is -2.21. The number of amides is 3. The highest BCUT2D eigenvalue weighted by molar-refractivity contribution is 5.94. The largest absolute Gasteiger partial charge is 0.494 e. The fraction of sp³-hybridized carbons (Fsp3) is 0.263. The van der Waals surface area contributed by atoms with Crippen molar-refractivity contribution in [2.45, 2.75) is 25.8 Å². The number of urea groups is 1. The van der Waals surface area contributed by atoms with E-state index in [1.807, 2.05) is 25.1 Å². The molecule has 26 heavy (non-hydrogen) atoms. The van der Waals surface area contributed by atoms with Crippen molar-refractivity contribution in [3.8, 4) is 5.75 Å². The van der Waals surface area contributed by atoms with Gasteiger partial charge in [-0.2, -0.15) is 0 Å². The minimum Gasteiger partial charge on any atom is -0.494 e. The first-order valence-corrected chi connectivity index (χ1v) is 8.30. The molecule has 3 rings (SSSR count). The zero-order chi connectivity index (χ0) is 18.7. The van der Waals surface area contributed by atoms with Crippen molar-refractivity contribution in [1.29, 1.82) is 0 Å². The third kappa shape index (κ3) is 3.93. The lowest BCUT2D eigenvalue weighted by atomic mass is 9.98. The number of nitrogens with one attached hydrogen (secondary N) is 3. The van der Waals surface area contributed by atoms with Gasteiger partial charge in [-0.15, -0.1) is 0 Å². The van der Waals surface area contributed by atoms with Gasteiger partial charge in [0.15, 0.2) is 0 Å². The van der Waals surface area contributed by atoms with Crippen molar-refractivity contribution < 1.29 is 18.7 Å². The summed E-state index contributed by atoms with van der Waals surface area (Å²) in [7, 11) is 1.41. The zero-order valence-corrected chi connectivity index (χ0v) is 14.6. The van der Waals surface area contributed by atoms with Crippen molar-refractivity contribution in [2.75, 3.05) is 17.7 Å². The number of anilines is 2. The molecule has 0 saturated carbocycles. The average molecular weight is 357 g/mol. The van der Waals surface area contributed by atoms with E-state index in [4.69, 9.17) is 4.74 Å². The number of aryl methyl sites for hydroxylation is 1. The summed E-state index contributed by atoms with van der Waals surface area (Å²) in [6.07, 6.45) is 1.14. The summed E-state index contributed by atoms with van der Waals surface area (Å²) in [6.45, 7) is 1.87. The molecule has 1 heterocycles. The molecule has 0 saturated heterocycles. The van der Waals surface area contributed by atoms with Crippen LogP contribution < -0.4 is 20.7 Å². The van der Waals surface area contributed by atoms with Crippen LogP contribution in [0.3, 0.4) is 0 Å². The second-order valence-electron chi connectivity index (χ2n) is 6.13. The van der Waals surface area contributed by atoms with E-state index < -0.39 is 11.8 Å². The molecule has 7 heteroatoms. The molecular formula is C19H20FN3O3. The third-order valence-electron chi connectivity index (χ3n) is 4.28. The van der Waals surface area contributed by atoms with Gasteiger partial charge in [0, 0.05) is 18.2 Å². The quantitative estimate of drug-likeness (QED) is 0.782. The van der Waals surface area contributed by atoms with Crippen LogP contribution in [-0.4, -0.2) is 19.0 Å². The van der Waals surface area contributed by atoms with Gasteiger partial charge >= 0.3 is 6.03 Å². The summed E-state index contributed by atoms with van der Waals surface area (Å²) >= 11 is 0. The van der Waals surface area contributed by atoms with E-state index in [9.17, 15) is 14.0 Å². The van der Waals surface area contributed by atoms with Crippen LogP contribution >= 0.6 is 0 Å². The zero-order valence-electron chi connectivity index (χ0n) is 14.6. The maximum Gasteiger partial charge on any atom is 0.319 e. The van der Waals surface area contributed by atoms with Crippen molar-refractivity contribution in [3.05, 3.63) is 53.3 Å². The Morgan fingerprint density at radius 1 is 1.23 bits per heavy atom. The number of halogens is 1. The molecule has 2 aromatic carbocycles. The number of carbonyl (C=O) groups excluding carboxylic acids is 2. The predicted molar refractivity (Wildman–Crippen MR) is 96.9 cm³/mol. The highest BCUT2D eigenvalue weighted by Crippen LogP contribution is 2.27. The highest BCUT2D eigenvalue weighted by Gasteiger charge is 2.17. The van der Waals surface area contributed by atoms with E-state index in [2.05, 4.69) is 16.0 Å². The van der Waals surface area contributed by atoms with Gasteiger partial charge in [0.25, 0.3) is 0 Å². The number of hydrogen-bond donors (Lipinski definition) is 3. The van der Waals surface area contributed by atoms with Crippen LogP contribution in [0.4, 0.5) is 20.6 Å². The fourth-order valence-electron chi connectivity index (χ4n) is 2.88. The number of ether oxygens (including phenoxy) is 1. The fourth-order valence-corrected chi connectivity index (χ4v) is 2.88. The minimum absolute atomic E-state index is 0.0176. The second kappa shape index (κ2) is 7.43. The molecule has 1 aliphatic rings. The van der Waals surface area contributed by atoms with E-state index >= 15 is 0 Å². The molecule has 0 spiro atoms. The Balaban J connectivity index is 1.67. The summed E-state index contributed by atoms with van der Waals surface area (Å²) in [6, 6.07) is 8.93. The van der Waals surface area contributed by atoms with Crippen LogP contribution in [0.25, 0.3) is 0 Å². The maximum atomic E-state index is 13.2. The molecule has 3 N–H and O–H groups in total. The summed E-state index contributed by atoms with van der Waals surface area (Å²) in [5.74, 6) is -0.177. The van der Waals surface area contributed by atoms with Crippen molar-refractivity contribution in [2.24, 2.45) is 0 Å². The molecule has 136 valence electrons.